The molecule has 1 N–H and O–H groups in total. The number of hydrogen-bond donors (Lipinski definition) is 1. The fourth-order valence-corrected chi connectivity index (χ4v) is 4.67. The van der Waals surface area contributed by atoms with Crippen LogP contribution in [0, 0.1) is 0 Å². The molecule has 0 amide bonds. The molecule has 45 heavy (non-hydrogen) atoms. The van der Waals surface area contributed by atoms with Crippen LogP contribution in [0.25, 0.3) is 11.1 Å². The number of methoxy groups -OCH3 is 1. The Bertz CT molecular complexity index is 1620. The van der Waals surface area contributed by atoms with Gasteiger partial charge in [-0.15, -0.1) is 0 Å². The lowest BCUT2D eigenvalue weighted by Crippen LogP contribution is -2.25. The quantitative estimate of drug-likeness (QED) is 0.194. The first kappa shape index (κ1) is 33.4. The Kier molecular flexibility index (Phi) is 9.27. The third kappa shape index (κ3) is 7.97. The van der Waals surface area contributed by atoms with Gasteiger partial charge in [0, 0.05) is 18.7 Å². The van der Waals surface area contributed by atoms with E-state index < -0.39 is 59.6 Å². The lowest BCUT2D eigenvalue weighted by atomic mass is 9.92. The van der Waals surface area contributed by atoms with Crippen molar-refractivity contribution < 1.29 is 49.4 Å². The summed E-state index contributed by atoms with van der Waals surface area (Å²) in [6.07, 6.45) is -13.2. The number of anilines is 1. The summed E-state index contributed by atoms with van der Waals surface area (Å²) < 4.78 is 129. The molecule has 1 aromatic heterocycles. The van der Waals surface area contributed by atoms with Gasteiger partial charge in [-0.05, 0) is 70.6 Å². The molecule has 0 aliphatic rings. The van der Waals surface area contributed by atoms with Crippen molar-refractivity contribution in [2.45, 2.75) is 51.4 Å². The molecule has 240 valence electrons. The Labute approximate surface area is 251 Å². The summed E-state index contributed by atoms with van der Waals surface area (Å²) in [4.78, 5) is 8.98. The molecule has 4 aromatic rings. The fourth-order valence-electron chi connectivity index (χ4n) is 4.67. The third-order valence-electron chi connectivity index (χ3n) is 6.90. The maximum atomic E-state index is 13.9. The van der Waals surface area contributed by atoms with Crippen LogP contribution in [0.4, 0.5) is 45.5 Å². The molecular weight excluding hydrogens is 617 g/mol. The highest BCUT2D eigenvalue weighted by Crippen LogP contribution is 2.40. The van der Waals surface area contributed by atoms with Crippen LogP contribution in [0.3, 0.4) is 0 Å². The first-order valence-corrected chi connectivity index (χ1v) is 13.3. The molecule has 0 aliphatic heterocycles. The average Bonchev–Trinajstić information content (AvgIpc) is 2.95. The number of aromatic hydroxyl groups is 1. The Balaban J connectivity index is 1.92. The van der Waals surface area contributed by atoms with Crippen LogP contribution >= 0.6 is 0 Å². The van der Waals surface area contributed by atoms with Gasteiger partial charge in [-0.3, -0.25) is 0 Å². The fraction of sp³-hybridized carbons (Fsp3) is 0.290. The van der Waals surface area contributed by atoms with Gasteiger partial charge in [-0.25, -0.2) is 9.97 Å². The van der Waals surface area contributed by atoms with Crippen molar-refractivity contribution in [3.8, 4) is 22.6 Å². The number of halogens is 9. The third-order valence-corrected chi connectivity index (χ3v) is 6.90. The molecule has 0 radical (unpaired) electrons. The SMILES string of the molecule is COc1ccc(C(C)C)cc1-c1ccc(C(F)(F)F)cc1CN(Cc1cc(C(F)(F)F)cc(C(F)(F)F)c1)c1ncc(O)cn1. The Morgan fingerprint density at radius 1 is 0.711 bits per heavy atom. The molecule has 0 bridgehead atoms. The predicted octanol–water partition coefficient (Wildman–Crippen LogP) is 9.24. The molecule has 4 rings (SSSR count). The van der Waals surface area contributed by atoms with E-state index in [2.05, 4.69) is 9.97 Å². The predicted molar refractivity (Wildman–Crippen MR) is 148 cm³/mol. The molecule has 0 saturated heterocycles. The topological polar surface area (TPSA) is 58.5 Å². The van der Waals surface area contributed by atoms with Crippen LogP contribution < -0.4 is 9.64 Å². The van der Waals surface area contributed by atoms with E-state index in [1.165, 1.54) is 13.2 Å². The van der Waals surface area contributed by atoms with E-state index in [0.717, 1.165) is 35.0 Å². The van der Waals surface area contributed by atoms with Crippen molar-refractivity contribution in [2.24, 2.45) is 0 Å². The highest BCUT2D eigenvalue weighted by molar-refractivity contribution is 5.75. The summed E-state index contributed by atoms with van der Waals surface area (Å²) >= 11 is 0. The zero-order chi connectivity index (χ0) is 33.3. The van der Waals surface area contributed by atoms with Crippen molar-refractivity contribution in [3.05, 3.63) is 100 Å². The first-order chi connectivity index (χ1) is 20.9. The van der Waals surface area contributed by atoms with Gasteiger partial charge < -0.3 is 14.7 Å². The van der Waals surface area contributed by atoms with E-state index >= 15 is 0 Å². The number of aromatic nitrogens is 2. The summed E-state index contributed by atoms with van der Waals surface area (Å²) in [6, 6.07) is 9.12. The minimum absolute atomic E-state index is 0.00345. The molecule has 0 saturated carbocycles. The summed E-state index contributed by atoms with van der Waals surface area (Å²) in [5.41, 5.74) is -3.10. The maximum Gasteiger partial charge on any atom is 0.416 e. The van der Waals surface area contributed by atoms with Gasteiger partial charge in [-0.2, -0.15) is 39.5 Å². The molecule has 5 nitrogen and oxygen atoms in total. The van der Waals surface area contributed by atoms with Gasteiger partial charge >= 0.3 is 18.5 Å². The van der Waals surface area contributed by atoms with Crippen LogP contribution in [0.1, 0.15) is 53.1 Å². The van der Waals surface area contributed by atoms with Crippen LogP contribution in [-0.4, -0.2) is 22.2 Å². The van der Waals surface area contributed by atoms with Gasteiger partial charge in [0.15, 0.2) is 5.75 Å². The maximum absolute atomic E-state index is 13.9. The summed E-state index contributed by atoms with van der Waals surface area (Å²) in [6.45, 7) is 2.66. The lowest BCUT2D eigenvalue weighted by Gasteiger charge is -2.26. The number of hydrogen-bond acceptors (Lipinski definition) is 5. The molecule has 14 heteroatoms. The Morgan fingerprint density at radius 3 is 1.80 bits per heavy atom. The highest BCUT2D eigenvalue weighted by atomic mass is 19.4. The van der Waals surface area contributed by atoms with Gasteiger partial charge in [0.05, 0.1) is 36.2 Å². The zero-order valence-electron chi connectivity index (χ0n) is 23.9. The average molecular weight is 644 g/mol. The van der Waals surface area contributed by atoms with Crippen molar-refractivity contribution >= 4 is 5.95 Å². The number of nitrogens with zero attached hydrogens (tertiary/aromatic N) is 3. The standard InChI is InChI=1S/C31H26F9N3O2/c1-17(2)19-4-7-27(45-3)26(11-19)25-6-5-21(29(32,33)34)10-20(25)16-43(28-41-13-24(44)14-42-28)15-18-8-22(30(35,36)37)12-23(9-18)31(38,39)40/h4-14,17,44H,15-16H2,1-3H3. The van der Waals surface area contributed by atoms with E-state index in [0.29, 0.717) is 23.4 Å². The van der Waals surface area contributed by atoms with E-state index in [9.17, 15) is 44.6 Å². The molecule has 0 unspecified atom stereocenters. The Morgan fingerprint density at radius 2 is 1.29 bits per heavy atom. The number of rotatable bonds is 8. The summed E-state index contributed by atoms with van der Waals surface area (Å²) in [5, 5.41) is 9.68. The van der Waals surface area contributed by atoms with Gasteiger partial charge in [0.25, 0.3) is 0 Å². The minimum atomic E-state index is -5.12. The van der Waals surface area contributed by atoms with Crippen LogP contribution in [0.5, 0.6) is 11.5 Å². The van der Waals surface area contributed by atoms with E-state index in [-0.39, 0.29) is 29.1 Å². The monoisotopic (exact) mass is 643 g/mol. The second kappa shape index (κ2) is 12.5. The highest BCUT2D eigenvalue weighted by Gasteiger charge is 2.37. The molecule has 0 aliphatic carbocycles. The molecule has 3 aromatic carbocycles. The van der Waals surface area contributed by atoms with Gasteiger partial charge in [-0.1, -0.05) is 26.0 Å². The second-order valence-corrected chi connectivity index (χ2v) is 10.5. The molecule has 0 atom stereocenters. The van der Waals surface area contributed by atoms with Crippen molar-refractivity contribution in [2.75, 3.05) is 12.0 Å². The molecule has 1 heterocycles. The summed E-state index contributed by atoms with van der Waals surface area (Å²) in [7, 11) is 1.38. The van der Waals surface area contributed by atoms with Crippen molar-refractivity contribution in [1.29, 1.82) is 0 Å². The van der Waals surface area contributed by atoms with E-state index in [4.69, 9.17) is 4.74 Å². The van der Waals surface area contributed by atoms with E-state index in [1.54, 1.807) is 18.2 Å². The second-order valence-electron chi connectivity index (χ2n) is 10.5. The number of alkyl halides is 9. The molecular formula is C31H26F9N3O2. The lowest BCUT2D eigenvalue weighted by molar-refractivity contribution is -0.143. The van der Waals surface area contributed by atoms with Crippen LogP contribution in [-0.2, 0) is 31.6 Å². The van der Waals surface area contributed by atoms with E-state index in [1.807, 2.05) is 13.8 Å². The van der Waals surface area contributed by atoms with Gasteiger partial charge in [0.2, 0.25) is 5.95 Å². The largest absolute Gasteiger partial charge is 0.505 e. The summed E-state index contributed by atoms with van der Waals surface area (Å²) in [5.74, 6) is -0.323. The molecule has 0 spiro atoms. The Hall–Kier alpha value is -4.49. The van der Waals surface area contributed by atoms with Crippen LogP contribution in [0.15, 0.2) is 67.0 Å². The smallest absolute Gasteiger partial charge is 0.416 e. The zero-order valence-corrected chi connectivity index (χ0v) is 23.9. The van der Waals surface area contributed by atoms with Crippen molar-refractivity contribution in [3.63, 3.8) is 0 Å². The first-order valence-electron chi connectivity index (χ1n) is 13.3. The number of ether oxygens (including phenoxy) is 1. The van der Waals surface area contributed by atoms with Crippen molar-refractivity contribution in [1.82, 2.24) is 9.97 Å². The minimum Gasteiger partial charge on any atom is -0.505 e. The van der Waals surface area contributed by atoms with Crippen LogP contribution in [0.2, 0.25) is 0 Å². The van der Waals surface area contributed by atoms with Gasteiger partial charge in [0.1, 0.15) is 5.75 Å². The number of benzene rings is 3. The molecule has 0 fully saturated rings. The normalized spacial score (nSPS) is 12.5.